The van der Waals surface area contributed by atoms with Crippen molar-refractivity contribution >= 4 is 11.9 Å². The summed E-state index contributed by atoms with van der Waals surface area (Å²) in [5.74, 6) is -3.09. The minimum Gasteiger partial charge on any atom is -0.369 e. The maximum Gasteiger partial charge on any atom is 0.492 e. The molecule has 0 aromatic heterocycles. The normalized spacial score (nSPS) is 19.4. The molecule has 0 atom stereocenters. The summed E-state index contributed by atoms with van der Waals surface area (Å²) < 4.78 is 35.5. The molecule has 1 rings (SSSR count). The first-order valence-corrected chi connectivity index (χ1v) is 4.64. The Hall–Kier alpha value is -1.31. The first kappa shape index (κ1) is 12.8. The lowest BCUT2D eigenvalue weighted by Crippen LogP contribution is -2.42. The van der Waals surface area contributed by atoms with Crippen LogP contribution in [0, 0.1) is 5.92 Å². The Balaban J connectivity index is 2.38. The standard InChI is InChI=1S/C8H11F3N2O3/c9-8(10,11)7(15)16-13-3-1-5(2-4-13)6(12)14/h5H,1-4H2,(H2,12,14). The highest BCUT2D eigenvalue weighted by Crippen LogP contribution is 2.21. The molecule has 1 fully saturated rings. The van der Waals surface area contributed by atoms with E-state index >= 15 is 0 Å². The van der Waals surface area contributed by atoms with Gasteiger partial charge < -0.3 is 10.6 Å². The summed E-state index contributed by atoms with van der Waals surface area (Å²) in [6, 6.07) is 0. The van der Waals surface area contributed by atoms with E-state index in [4.69, 9.17) is 5.73 Å². The fourth-order valence-corrected chi connectivity index (χ4v) is 1.40. The van der Waals surface area contributed by atoms with Crippen LogP contribution in [0.2, 0.25) is 0 Å². The highest BCUT2D eigenvalue weighted by molar-refractivity contribution is 5.77. The van der Waals surface area contributed by atoms with Crippen LogP contribution in [-0.4, -0.2) is 36.2 Å². The summed E-state index contributed by atoms with van der Waals surface area (Å²) >= 11 is 0. The Kier molecular flexibility index (Phi) is 3.74. The lowest BCUT2D eigenvalue weighted by molar-refractivity contribution is -0.242. The quantitative estimate of drug-likeness (QED) is 0.748. The van der Waals surface area contributed by atoms with Gasteiger partial charge in [-0.25, -0.2) is 4.79 Å². The molecule has 5 nitrogen and oxygen atoms in total. The van der Waals surface area contributed by atoms with Crippen molar-refractivity contribution in [3.63, 3.8) is 0 Å². The number of amides is 1. The third-order valence-corrected chi connectivity index (χ3v) is 2.30. The van der Waals surface area contributed by atoms with Gasteiger partial charge >= 0.3 is 12.1 Å². The van der Waals surface area contributed by atoms with Gasteiger partial charge in [0.05, 0.1) is 0 Å². The Morgan fingerprint density at radius 3 is 2.12 bits per heavy atom. The highest BCUT2D eigenvalue weighted by atomic mass is 19.4. The number of piperidine rings is 1. The van der Waals surface area contributed by atoms with Gasteiger partial charge in [-0.3, -0.25) is 4.79 Å². The van der Waals surface area contributed by atoms with Crippen LogP contribution in [0.1, 0.15) is 12.8 Å². The van der Waals surface area contributed by atoms with Gasteiger partial charge in [0, 0.05) is 19.0 Å². The second kappa shape index (κ2) is 4.69. The minimum atomic E-state index is -5.00. The Morgan fingerprint density at radius 2 is 1.75 bits per heavy atom. The van der Waals surface area contributed by atoms with Gasteiger partial charge in [0.1, 0.15) is 0 Å². The molecule has 16 heavy (non-hydrogen) atoms. The Labute approximate surface area is 89.3 Å². The number of alkyl halides is 3. The van der Waals surface area contributed by atoms with Gasteiger partial charge in [0.25, 0.3) is 0 Å². The van der Waals surface area contributed by atoms with Crippen molar-refractivity contribution in [3.8, 4) is 0 Å². The number of primary amides is 1. The van der Waals surface area contributed by atoms with Crippen molar-refractivity contribution in [2.75, 3.05) is 13.1 Å². The van der Waals surface area contributed by atoms with Crippen LogP contribution in [0.5, 0.6) is 0 Å². The van der Waals surface area contributed by atoms with Crippen LogP contribution in [0.15, 0.2) is 0 Å². The lowest BCUT2D eigenvalue weighted by Gasteiger charge is -2.28. The third kappa shape index (κ3) is 3.37. The van der Waals surface area contributed by atoms with Crippen molar-refractivity contribution in [3.05, 3.63) is 0 Å². The van der Waals surface area contributed by atoms with Crippen molar-refractivity contribution in [2.45, 2.75) is 19.0 Å². The van der Waals surface area contributed by atoms with Crippen LogP contribution in [0.25, 0.3) is 0 Å². The summed E-state index contributed by atoms with van der Waals surface area (Å²) in [5, 5.41) is 0.898. The van der Waals surface area contributed by atoms with Crippen molar-refractivity contribution in [1.29, 1.82) is 0 Å². The molecule has 1 saturated heterocycles. The monoisotopic (exact) mass is 240 g/mol. The summed E-state index contributed by atoms with van der Waals surface area (Å²) in [6.45, 7) is 0.158. The average Bonchev–Trinajstić information content (AvgIpc) is 2.17. The maximum absolute atomic E-state index is 11.8. The third-order valence-electron chi connectivity index (χ3n) is 2.30. The number of nitrogens with zero attached hydrogens (tertiary/aromatic N) is 1. The summed E-state index contributed by atoms with van der Waals surface area (Å²) in [6.07, 6.45) is -4.42. The highest BCUT2D eigenvalue weighted by Gasteiger charge is 2.43. The van der Waals surface area contributed by atoms with Gasteiger partial charge in [-0.05, 0) is 12.8 Å². The SMILES string of the molecule is NC(=O)C1CCN(OC(=O)C(F)(F)F)CC1. The number of carbonyl (C=O) groups excluding carboxylic acids is 2. The van der Waals surface area contributed by atoms with Gasteiger partial charge in [0.15, 0.2) is 0 Å². The number of carbonyl (C=O) groups is 2. The maximum atomic E-state index is 11.8. The number of halogens is 3. The van der Waals surface area contributed by atoms with Crippen molar-refractivity contribution in [1.82, 2.24) is 5.06 Å². The van der Waals surface area contributed by atoms with Crippen molar-refractivity contribution in [2.24, 2.45) is 11.7 Å². The summed E-state index contributed by atoms with van der Waals surface area (Å²) in [4.78, 5) is 25.3. The zero-order chi connectivity index (χ0) is 12.3. The largest absolute Gasteiger partial charge is 0.492 e. The molecule has 1 heterocycles. The van der Waals surface area contributed by atoms with Crippen molar-refractivity contribution < 1.29 is 27.6 Å². The van der Waals surface area contributed by atoms with E-state index in [1.165, 1.54) is 0 Å². The second-order valence-electron chi connectivity index (χ2n) is 3.48. The van der Waals surface area contributed by atoms with E-state index in [2.05, 4.69) is 4.84 Å². The van der Waals surface area contributed by atoms with E-state index in [0.29, 0.717) is 12.8 Å². The molecular formula is C8H11F3N2O3. The molecule has 1 aliphatic rings. The number of nitrogens with two attached hydrogens (primary N) is 1. The Bertz CT molecular complexity index is 285. The fraction of sp³-hybridized carbons (Fsp3) is 0.750. The van der Waals surface area contributed by atoms with E-state index in [9.17, 15) is 22.8 Å². The molecule has 0 bridgehead atoms. The molecule has 0 aromatic carbocycles. The zero-order valence-corrected chi connectivity index (χ0v) is 8.29. The second-order valence-corrected chi connectivity index (χ2v) is 3.48. The van der Waals surface area contributed by atoms with E-state index < -0.39 is 18.1 Å². The van der Waals surface area contributed by atoms with E-state index in [0.717, 1.165) is 5.06 Å². The molecule has 2 N–H and O–H groups in total. The summed E-state index contributed by atoms with van der Waals surface area (Å²) in [7, 11) is 0. The number of rotatable bonds is 2. The lowest BCUT2D eigenvalue weighted by atomic mass is 9.97. The smallest absolute Gasteiger partial charge is 0.369 e. The van der Waals surface area contributed by atoms with Gasteiger partial charge in [-0.2, -0.15) is 13.2 Å². The average molecular weight is 240 g/mol. The minimum absolute atomic E-state index is 0.0788. The predicted molar refractivity (Wildman–Crippen MR) is 45.6 cm³/mol. The van der Waals surface area contributed by atoms with Crippen LogP contribution in [0.4, 0.5) is 13.2 Å². The van der Waals surface area contributed by atoms with Crippen LogP contribution in [0.3, 0.4) is 0 Å². The van der Waals surface area contributed by atoms with E-state index in [-0.39, 0.29) is 19.0 Å². The molecule has 0 radical (unpaired) electrons. The molecule has 92 valence electrons. The van der Waals surface area contributed by atoms with Crippen LogP contribution >= 0.6 is 0 Å². The molecular weight excluding hydrogens is 229 g/mol. The fourth-order valence-electron chi connectivity index (χ4n) is 1.40. The molecule has 0 aromatic rings. The van der Waals surface area contributed by atoms with E-state index in [1.54, 1.807) is 0 Å². The van der Waals surface area contributed by atoms with Crippen LogP contribution < -0.4 is 5.73 Å². The first-order chi connectivity index (χ1) is 7.30. The molecule has 0 unspecified atom stereocenters. The molecule has 1 amide bonds. The van der Waals surface area contributed by atoms with Gasteiger partial charge in [0.2, 0.25) is 5.91 Å². The van der Waals surface area contributed by atoms with Crippen LogP contribution in [-0.2, 0) is 14.4 Å². The van der Waals surface area contributed by atoms with Gasteiger partial charge in [-0.15, -0.1) is 5.06 Å². The topological polar surface area (TPSA) is 72.6 Å². The summed E-state index contributed by atoms with van der Waals surface area (Å²) in [5.41, 5.74) is 5.04. The zero-order valence-electron chi connectivity index (χ0n) is 8.29. The Morgan fingerprint density at radius 1 is 1.25 bits per heavy atom. The molecule has 0 spiro atoms. The number of hydroxylamine groups is 2. The predicted octanol–water partition coefficient (Wildman–Crippen LogP) is 0.204. The molecule has 8 heteroatoms. The van der Waals surface area contributed by atoms with Gasteiger partial charge in [-0.1, -0.05) is 0 Å². The molecule has 0 aliphatic carbocycles. The van der Waals surface area contributed by atoms with E-state index in [1.807, 2.05) is 0 Å². The first-order valence-electron chi connectivity index (χ1n) is 4.64. The molecule has 1 aliphatic heterocycles. The molecule has 0 saturated carbocycles. The number of hydrogen-bond donors (Lipinski definition) is 1. The number of hydrogen-bond acceptors (Lipinski definition) is 4.